The van der Waals surface area contributed by atoms with E-state index in [2.05, 4.69) is 45.9 Å². The number of hydrogen-bond acceptors (Lipinski definition) is 1. The second-order valence-corrected chi connectivity index (χ2v) is 5.67. The highest BCUT2D eigenvalue weighted by atomic mass is 14.7. The lowest BCUT2D eigenvalue weighted by molar-refractivity contribution is 0.501. The molecule has 0 saturated heterocycles. The standard InChI is InChI=1S/C14H21N/c1-10-5-6-12(11(2)7-10)14(9-15)8-13(14,3)4/h5-7H,8-9,15H2,1-4H3. The summed E-state index contributed by atoms with van der Waals surface area (Å²) in [7, 11) is 0. The Hall–Kier alpha value is -0.820. The van der Waals surface area contributed by atoms with Gasteiger partial charge in [0.15, 0.2) is 0 Å². The summed E-state index contributed by atoms with van der Waals surface area (Å²) in [6.07, 6.45) is 1.22. The van der Waals surface area contributed by atoms with Crippen LogP contribution in [0.1, 0.15) is 37.0 Å². The van der Waals surface area contributed by atoms with Crippen LogP contribution in [-0.4, -0.2) is 6.54 Å². The van der Waals surface area contributed by atoms with Crippen molar-refractivity contribution in [1.82, 2.24) is 0 Å². The van der Waals surface area contributed by atoms with Crippen LogP contribution in [0.4, 0.5) is 0 Å². The van der Waals surface area contributed by atoms with Crippen LogP contribution >= 0.6 is 0 Å². The number of hydrogen-bond donors (Lipinski definition) is 1. The molecular formula is C14H21N. The Kier molecular flexibility index (Phi) is 2.20. The van der Waals surface area contributed by atoms with Gasteiger partial charge >= 0.3 is 0 Å². The van der Waals surface area contributed by atoms with Crippen LogP contribution in [-0.2, 0) is 5.41 Å². The van der Waals surface area contributed by atoms with Gasteiger partial charge in [-0.2, -0.15) is 0 Å². The normalized spacial score (nSPS) is 27.8. The lowest BCUT2D eigenvalue weighted by Gasteiger charge is -2.21. The molecule has 2 N–H and O–H groups in total. The molecule has 1 heteroatoms. The summed E-state index contributed by atoms with van der Waals surface area (Å²) in [6.45, 7) is 9.75. The molecule has 0 bridgehead atoms. The van der Waals surface area contributed by atoms with E-state index in [0.29, 0.717) is 5.41 Å². The van der Waals surface area contributed by atoms with E-state index in [-0.39, 0.29) is 5.41 Å². The smallest absolute Gasteiger partial charge is 0.0135 e. The van der Waals surface area contributed by atoms with E-state index < -0.39 is 0 Å². The Morgan fingerprint density at radius 1 is 1.27 bits per heavy atom. The van der Waals surface area contributed by atoms with Crippen LogP contribution in [0.5, 0.6) is 0 Å². The maximum absolute atomic E-state index is 5.98. The Morgan fingerprint density at radius 2 is 1.87 bits per heavy atom. The molecule has 0 amide bonds. The summed E-state index contributed by atoms with van der Waals surface area (Å²) in [4.78, 5) is 0. The molecule has 0 radical (unpaired) electrons. The molecule has 0 heterocycles. The van der Waals surface area contributed by atoms with Crippen LogP contribution in [0.15, 0.2) is 18.2 Å². The SMILES string of the molecule is Cc1ccc(C2(CN)CC2(C)C)c(C)c1. The highest BCUT2D eigenvalue weighted by Crippen LogP contribution is 2.64. The van der Waals surface area contributed by atoms with Crippen molar-refractivity contribution in [3.8, 4) is 0 Å². The minimum absolute atomic E-state index is 0.241. The van der Waals surface area contributed by atoms with Crippen molar-refractivity contribution >= 4 is 0 Å². The molecule has 1 saturated carbocycles. The van der Waals surface area contributed by atoms with Crippen LogP contribution in [0, 0.1) is 19.3 Å². The largest absolute Gasteiger partial charge is 0.330 e. The second kappa shape index (κ2) is 3.08. The van der Waals surface area contributed by atoms with Crippen LogP contribution in [0.2, 0.25) is 0 Å². The van der Waals surface area contributed by atoms with Crippen LogP contribution in [0.3, 0.4) is 0 Å². The van der Waals surface area contributed by atoms with Gasteiger partial charge in [0.1, 0.15) is 0 Å². The molecule has 1 aromatic carbocycles. The topological polar surface area (TPSA) is 26.0 Å². The fraction of sp³-hybridized carbons (Fsp3) is 0.571. The minimum atomic E-state index is 0.241. The quantitative estimate of drug-likeness (QED) is 0.785. The number of nitrogens with two attached hydrogens (primary N) is 1. The fourth-order valence-corrected chi connectivity index (χ4v) is 2.98. The van der Waals surface area contributed by atoms with Crippen molar-refractivity contribution in [2.24, 2.45) is 11.1 Å². The molecule has 0 spiro atoms. The summed E-state index contributed by atoms with van der Waals surface area (Å²) in [5.41, 5.74) is 10.8. The van der Waals surface area contributed by atoms with E-state index in [9.17, 15) is 0 Å². The molecule has 15 heavy (non-hydrogen) atoms. The minimum Gasteiger partial charge on any atom is -0.330 e. The Balaban J connectivity index is 2.46. The monoisotopic (exact) mass is 203 g/mol. The van der Waals surface area contributed by atoms with Crippen molar-refractivity contribution in [1.29, 1.82) is 0 Å². The molecule has 1 fully saturated rings. The van der Waals surface area contributed by atoms with Gasteiger partial charge in [-0.3, -0.25) is 0 Å². The van der Waals surface area contributed by atoms with Gasteiger partial charge in [-0.05, 0) is 36.8 Å². The summed E-state index contributed by atoms with van der Waals surface area (Å²) >= 11 is 0. The number of aryl methyl sites for hydroxylation is 2. The van der Waals surface area contributed by atoms with Gasteiger partial charge in [-0.1, -0.05) is 37.6 Å². The lowest BCUT2D eigenvalue weighted by atomic mass is 9.85. The van der Waals surface area contributed by atoms with Crippen LogP contribution < -0.4 is 5.73 Å². The third-order valence-electron chi connectivity index (χ3n) is 4.16. The van der Waals surface area contributed by atoms with Gasteiger partial charge in [-0.25, -0.2) is 0 Å². The third-order valence-corrected chi connectivity index (χ3v) is 4.16. The van der Waals surface area contributed by atoms with Crippen LogP contribution in [0.25, 0.3) is 0 Å². The molecule has 82 valence electrons. The maximum Gasteiger partial charge on any atom is 0.0135 e. The molecule has 1 nitrogen and oxygen atoms in total. The first-order valence-electron chi connectivity index (χ1n) is 5.71. The molecule has 2 rings (SSSR count). The molecule has 1 atom stereocenters. The van der Waals surface area contributed by atoms with Gasteiger partial charge in [0.2, 0.25) is 0 Å². The van der Waals surface area contributed by atoms with E-state index in [4.69, 9.17) is 5.73 Å². The molecule has 1 aliphatic rings. The van der Waals surface area contributed by atoms with Gasteiger partial charge in [0, 0.05) is 12.0 Å². The molecule has 1 aliphatic carbocycles. The predicted molar refractivity (Wildman–Crippen MR) is 65.0 cm³/mol. The average Bonchev–Trinajstić information content (AvgIpc) is 2.69. The van der Waals surface area contributed by atoms with E-state index in [0.717, 1.165) is 6.54 Å². The maximum atomic E-state index is 5.98. The lowest BCUT2D eigenvalue weighted by Crippen LogP contribution is -2.26. The summed E-state index contributed by atoms with van der Waals surface area (Å²) in [5, 5.41) is 0. The first-order chi connectivity index (χ1) is 6.93. The molecule has 1 aromatic rings. The second-order valence-electron chi connectivity index (χ2n) is 5.67. The number of benzene rings is 1. The summed E-state index contributed by atoms with van der Waals surface area (Å²) in [5.74, 6) is 0. The highest BCUT2D eigenvalue weighted by molar-refractivity contribution is 5.44. The van der Waals surface area contributed by atoms with Gasteiger partial charge in [0.25, 0.3) is 0 Å². The fourth-order valence-electron chi connectivity index (χ4n) is 2.98. The van der Waals surface area contributed by atoms with Gasteiger partial charge in [0.05, 0.1) is 0 Å². The molecule has 0 aliphatic heterocycles. The average molecular weight is 203 g/mol. The van der Waals surface area contributed by atoms with Gasteiger partial charge in [-0.15, -0.1) is 0 Å². The molecule has 0 aromatic heterocycles. The zero-order valence-electron chi connectivity index (χ0n) is 10.2. The first-order valence-corrected chi connectivity index (χ1v) is 5.71. The Bertz CT molecular complexity index is 392. The van der Waals surface area contributed by atoms with E-state index >= 15 is 0 Å². The third kappa shape index (κ3) is 1.41. The van der Waals surface area contributed by atoms with Gasteiger partial charge < -0.3 is 5.73 Å². The van der Waals surface area contributed by atoms with Crippen molar-refractivity contribution in [3.63, 3.8) is 0 Å². The highest BCUT2D eigenvalue weighted by Gasteiger charge is 2.61. The first kappa shape index (κ1) is 10.7. The van der Waals surface area contributed by atoms with Crippen molar-refractivity contribution < 1.29 is 0 Å². The zero-order chi connectivity index (χ0) is 11.3. The van der Waals surface area contributed by atoms with E-state index in [1.807, 2.05) is 0 Å². The zero-order valence-corrected chi connectivity index (χ0v) is 10.2. The summed E-state index contributed by atoms with van der Waals surface area (Å²) in [6, 6.07) is 6.74. The van der Waals surface area contributed by atoms with Crippen molar-refractivity contribution in [2.45, 2.75) is 39.5 Å². The molecular weight excluding hydrogens is 182 g/mol. The van der Waals surface area contributed by atoms with E-state index in [1.165, 1.54) is 23.1 Å². The van der Waals surface area contributed by atoms with Crippen molar-refractivity contribution in [2.75, 3.05) is 6.54 Å². The van der Waals surface area contributed by atoms with E-state index in [1.54, 1.807) is 0 Å². The number of rotatable bonds is 2. The van der Waals surface area contributed by atoms with Crippen molar-refractivity contribution in [3.05, 3.63) is 34.9 Å². The Morgan fingerprint density at radius 3 is 2.27 bits per heavy atom. The predicted octanol–water partition coefficient (Wildman–Crippen LogP) is 2.93. The molecule has 1 unspecified atom stereocenters. The Labute approximate surface area is 92.7 Å². The summed E-state index contributed by atoms with van der Waals surface area (Å²) < 4.78 is 0.